The lowest BCUT2D eigenvalue weighted by atomic mass is 9.95. The highest BCUT2D eigenvalue weighted by molar-refractivity contribution is 5.95. The molecule has 1 atom stereocenters. The molecule has 0 spiro atoms. The van der Waals surface area contributed by atoms with Gasteiger partial charge in [-0.2, -0.15) is 0 Å². The number of nitrogens with one attached hydrogen (secondary N) is 1. The first kappa shape index (κ1) is 20.4. The van der Waals surface area contributed by atoms with Crippen LogP contribution in [0, 0.1) is 6.92 Å². The van der Waals surface area contributed by atoms with E-state index in [1.165, 1.54) is 30.0 Å². The van der Waals surface area contributed by atoms with E-state index in [1.54, 1.807) is 6.07 Å². The topological polar surface area (TPSA) is 91.8 Å². The maximum Gasteiger partial charge on any atom is 0.408 e. The Morgan fingerprint density at radius 3 is 2.77 bits per heavy atom. The summed E-state index contributed by atoms with van der Waals surface area (Å²) < 4.78 is 4.82. The average molecular weight is 417 g/mol. The summed E-state index contributed by atoms with van der Waals surface area (Å²) in [7, 11) is 1.32. The van der Waals surface area contributed by atoms with E-state index in [0.29, 0.717) is 24.3 Å². The largest absolute Gasteiger partial charge is 0.465 e. The van der Waals surface area contributed by atoms with Gasteiger partial charge in [-0.25, -0.2) is 9.59 Å². The summed E-state index contributed by atoms with van der Waals surface area (Å²) in [5.41, 5.74) is 6.16. The van der Waals surface area contributed by atoms with Gasteiger partial charge >= 0.3 is 12.1 Å². The molecule has 0 aliphatic carbocycles. The number of carbonyl (C=O) groups is 2. The Bertz CT molecular complexity index is 1150. The van der Waals surface area contributed by atoms with E-state index in [0.717, 1.165) is 22.3 Å². The van der Waals surface area contributed by atoms with Crippen molar-refractivity contribution < 1.29 is 19.4 Å². The fraction of sp³-hybridized carbons (Fsp3) is 0.208. The van der Waals surface area contributed by atoms with Crippen LogP contribution >= 0.6 is 0 Å². The number of nitrogens with zero attached hydrogens (tertiary/aromatic N) is 2. The van der Waals surface area contributed by atoms with Crippen LogP contribution in [0.25, 0.3) is 11.1 Å². The molecule has 4 rings (SSSR count). The molecule has 2 N–H and O–H groups in total. The first-order valence-electron chi connectivity index (χ1n) is 9.94. The predicted molar refractivity (Wildman–Crippen MR) is 117 cm³/mol. The summed E-state index contributed by atoms with van der Waals surface area (Å²) in [6.07, 6.45) is 2.06. The van der Waals surface area contributed by atoms with E-state index in [2.05, 4.69) is 35.4 Å². The summed E-state index contributed by atoms with van der Waals surface area (Å²) >= 11 is 0. The number of carbonyl (C=O) groups excluding carboxylic acids is 1. The highest BCUT2D eigenvalue weighted by Gasteiger charge is 2.34. The SMILES string of the molecule is COC(=O)c1ccncc1NC[C@H]1c2ccc(-c3ccccc3C)cc2CN1C(=O)O. The van der Waals surface area contributed by atoms with Crippen LogP contribution in [0.2, 0.25) is 0 Å². The third-order valence-electron chi connectivity index (χ3n) is 5.63. The maximum atomic E-state index is 12.0. The number of carboxylic acid groups (broad SMARTS) is 1. The molecule has 0 radical (unpaired) electrons. The number of amides is 1. The fourth-order valence-electron chi connectivity index (χ4n) is 4.04. The number of ether oxygens (including phenoxy) is 1. The number of rotatable bonds is 5. The van der Waals surface area contributed by atoms with Gasteiger partial charge in [0.05, 0.1) is 37.1 Å². The van der Waals surface area contributed by atoms with Gasteiger partial charge in [-0.05, 0) is 46.9 Å². The molecule has 7 heteroatoms. The van der Waals surface area contributed by atoms with Crippen molar-refractivity contribution in [3.05, 3.63) is 83.2 Å². The molecule has 0 bridgehead atoms. The Kier molecular flexibility index (Phi) is 5.58. The Labute approximate surface area is 180 Å². The number of aryl methyl sites for hydroxylation is 1. The molecular formula is C24H23N3O4. The van der Waals surface area contributed by atoms with Crippen molar-refractivity contribution in [2.24, 2.45) is 0 Å². The Morgan fingerprint density at radius 2 is 2.03 bits per heavy atom. The first-order valence-corrected chi connectivity index (χ1v) is 9.94. The van der Waals surface area contributed by atoms with E-state index in [9.17, 15) is 14.7 Å². The number of anilines is 1. The highest BCUT2D eigenvalue weighted by Crippen LogP contribution is 2.37. The Balaban J connectivity index is 1.63. The lowest BCUT2D eigenvalue weighted by Crippen LogP contribution is -2.32. The molecule has 0 fully saturated rings. The van der Waals surface area contributed by atoms with Crippen LogP contribution in [0.4, 0.5) is 10.5 Å². The van der Waals surface area contributed by atoms with Crippen LogP contribution < -0.4 is 5.32 Å². The smallest absolute Gasteiger partial charge is 0.408 e. The molecule has 7 nitrogen and oxygen atoms in total. The molecular weight excluding hydrogens is 394 g/mol. The molecule has 2 heterocycles. The van der Waals surface area contributed by atoms with Gasteiger partial charge in [0, 0.05) is 12.7 Å². The molecule has 0 unspecified atom stereocenters. The zero-order valence-corrected chi connectivity index (χ0v) is 17.3. The minimum Gasteiger partial charge on any atom is -0.465 e. The van der Waals surface area contributed by atoms with E-state index in [-0.39, 0.29) is 6.04 Å². The number of esters is 1. The molecule has 0 saturated heterocycles. The number of methoxy groups -OCH3 is 1. The summed E-state index contributed by atoms with van der Waals surface area (Å²) in [5.74, 6) is -0.477. The van der Waals surface area contributed by atoms with Gasteiger partial charge in [-0.15, -0.1) is 0 Å². The van der Waals surface area contributed by atoms with Gasteiger partial charge in [0.15, 0.2) is 0 Å². The van der Waals surface area contributed by atoms with E-state index < -0.39 is 12.1 Å². The van der Waals surface area contributed by atoms with Crippen LogP contribution in [-0.4, -0.2) is 40.7 Å². The normalized spacial score (nSPS) is 14.8. The minimum absolute atomic E-state index is 0.304. The van der Waals surface area contributed by atoms with Gasteiger partial charge in [-0.3, -0.25) is 9.88 Å². The van der Waals surface area contributed by atoms with Crippen LogP contribution in [0.15, 0.2) is 60.9 Å². The number of fused-ring (bicyclic) bond motifs is 1. The molecule has 1 aromatic heterocycles. The van der Waals surface area contributed by atoms with Crippen molar-refractivity contribution in [2.75, 3.05) is 19.0 Å². The van der Waals surface area contributed by atoms with Crippen molar-refractivity contribution in [1.82, 2.24) is 9.88 Å². The van der Waals surface area contributed by atoms with E-state index in [4.69, 9.17) is 4.74 Å². The molecule has 3 aromatic rings. The van der Waals surface area contributed by atoms with E-state index >= 15 is 0 Å². The van der Waals surface area contributed by atoms with Crippen LogP contribution in [0.5, 0.6) is 0 Å². The number of hydrogen-bond acceptors (Lipinski definition) is 5. The number of aromatic nitrogens is 1. The quantitative estimate of drug-likeness (QED) is 0.595. The lowest BCUT2D eigenvalue weighted by Gasteiger charge is -2.23. The zero-order valence-electron chi connectivity index (χ0n) is 17.3. The second kappa shape index (κ2) is 8.47. The van der Waals surface area contributed by atoms with Gasteiger partial charge < -0.3 is 15.2 Å². The second-order valence-electron chi connectivity index (χ2n) is 7.45. The number of benzene rings is 2. The van der Waals surface area contributed by atoms with Gasteiger partial charge in [0.2, 0.25) is 0 Å². The standard InChI is InChI=1S/C24H23N3O4/c1-15-5-3-4-6-18(15)16-7-8-19-17(11-16)14-27(24(29)30)22(19)13-26-21-12-25-10-9-20(21)23(28)31-2/h3-12,22,26H,13-14H2,1-2H3,(H,29,30)/t22-/m0/s1. The van der Waals surface area contributed by atoms with Gasteiger partial charge in [0.1, 0.15) is 0 Å². The van der Waals surface area contributed by atoms with Gasteiger partial charge in [0.25, 0.3) is 0 Å². The maximum absolute atomic E-state index is 12.0. The third kappa shape index (κ3) is 3.94. The number of hydrogen-bond donors (Lipinski definition) is 2. The van der Waals surface area contributed by atoms with Crippen molar-refractivity contribution in [1.29, 1.82) is 0 Å². The highest BCUT2D eigenvalue weighted by atomic mass is 16.5. The Hall–Kier alpha value is -3.87. The average Bonchev–Trinajstić information content (AvgIpc) is 3.15. The second-order valence-corrected chi connectivity index (χ2v) is 7.45. The third-order valence-corrected chi connectivity index (χ3v) is 5.63. The van der Waals surface area contributed by atoms with Gasteiger partial charge in [-0.1, -0.05) is 36.4 Å². The molecule has 1 aliphatic heterocycles. The van der Waals surface area contributed by atoms with Crippen molar-refractivity contribution >= 4 is 17.7 Å². The number of pyridine rings is 1. The summed E-state index contributed by atoms with van der Waals surface area (Å²) in [6, 6.07) is 15.4. The first-order chi connectivity index (χ1) is 15.0. The van der Waals surface area contributed by atoms with Crippen molar-refractivity contribution in [3.8, 4) is 11.1 Å². The molecule has 1 amide bonds. The fourth-order valence-corrected chi connectivity index (χ4v) is 4.04. The van der Waals surface area contributed by atoms with Crippen molar-refractivity contribution in [3.63, 3.8) is 0 Å². The molecule has 2 aromatic carbocycles. The monoisotopic (exact) mass is 417 g/mol. The van der Waals surface area contributed by atoms with Crippen molar-refractivity contribution in [2.45, 2.75) is 19.5 Å². The lowest BCUT2D eigenvalue weighted by molar-refractivity contribution is 0.0601. The summed E-state index contributed by atoms with van der Waals surface area (Å²) in [5, 5.41) is 13.0. The molecule has 31 heavy (non-hydrogen) atoms. The summed E-state index contributed by atoms with van der Waals surface area (Å²) in [4.78, 5) is 29.4. The van der Waals surface area contributed by atoms with Crippen LogP contribution in [0.3, 0.4) is 0 Å². The summed E-state index contributed by atoms with van der Waals surface area (Å²) in [6.45, 7) is 2.68. The predicted octanol–water partition coefficient (Wildman–Crippen LogP) is 4.49. The van der Waals surface area contributed by atoms with E-state index in [1.807, 2.05) is 24.3 Å². The van der Waals surface area contributed by atoms with Crippen LogP contribution in [-0.2, 0) is 11.3 Å². The minimum atomic E-state index is -0.986. The molecule has 158 valence electrons. The van der Waals surface area contributed by atoms with Crippen LogP contribution in [0.1, 0.15) is 33.1 Å². The molecule has 1 aliphatic rings. The molecule has 0 saturated carbocycles. The zero-order chi connectivity index (χ0) is 22.0. The Morgan fingerprint density at radius 1 is 1.23 bits per heavy atom.